The van der Waals surface area contributed by atoms with Gasteiger partial charge in [0.15, 0.2) is 0 Å². The molecule has 0 atom stereocenters. The number of benzene rings is 2. The average Bonchev–Trinajstić information content (AvgIpc) is 2.56. The molecule has 3 N–H and O–H groups in total. The van der Waals surface area contributed by atoms with Crippen LogP contribution in [0.3, 0.4) is 0 Å². The molecule has 23 heavy (non-hydrogen) atoms. The summed E-state index contributed by atoms with van der Waals surface area (Å²) < 4.78 is 0. The maximum Gasteiger partial charge on any atom is 0.336 e. The molecular formula is C17H18N2O4. The fourth-order valence-corrected chi connectivity index (χ4v) is 2.20. The molecule has 120 valence electrons. The summed E-state index contributed by atoms with van der Waals surface area (Å²) in [5, 5.41) is 16.1. The van der Waals surface area contributed by atoms with Crippen molar-refractivity contribution in [3.63, 3.8) is 0 Å². The molecule has 0 radical (unpaired) electrons. The van der Waals surface area contributed by atoms with Crippen molar-refractivity contribution in [3.8, 4) is 0 Å². The van der Waals surface area contributed by atoms with Crippen molar-refractivity contribution in [1.82, 2.24) is 10.6 Å². The van der Waals surface area contributed by atoms with Crippen LogP contribution in [0.1, 0.15) is 34.1 Å². The summed E-state index contributed by atoms with van der Waals surface area (Å²) in [5.74, 6) is -1.73. The highest BCUT2D eigenvalue weighted by atomic mass is 16.4. The summed E-state index contributed by atoms with van der Waals surface area (Å²) in [7, 11) is 0. The molecule has 0 aliphatic rings. The van der Waals surface area contributed by atoms with E-state index in [2.05, 4.69) is 10.6 Å². The first-order chi connectivity index (χ1) is 11.0. The van der Waals surface area contributed by atoms with E-state index in [0.717, 1.165) is 10.8 Å². The third-order valence-corrected chi connectivity index (χ3v) is 3.41. The van der Waals surface area contributed by atoms with Crippen LogP contribution < -0.4 is 10.6 Å². The van der Waals surface area contributed by atoms with Gasteiger partial charge in [0.2, 0.25) is 5.91 Å². The lowest BCUT2D eigenvalue weighted by atomic mass is 10.0. The second-order valence-electron chi connectivity index (χ2n) is 5.01. The zero-order valence-electron chi connectivity index (χ0n) is 12.8. The Kier molecular flexibility index (Phi) is 5.30. The molecule has 0 aliphatic heterocycles. The van der Waals surface area contributed by atoms with Crippen molar-refractivity contribution >= 4 is 28.6 Å². The van der Waals surface area contributed by atoms with Gasteiger partial charge in [-0.1, -0.05) is 31.2 Å². The number of carboxylic acids is 1. The van der Waals surface area contributed by atoms with Gasteiger partial charge in [0.1, 0.15) is 0 Å². The summed E-state index contributed by atoms with van der Waals surface area (Å²) in [5.41, 5.74) is 0.0665. The van der Waals surface area contributed by atoms with Crippen LogP contribution in [-0.2, 0) is 4.79 Å². The van der Waals surface area contributed by atoms with Gasteiger partial charge in [-0.25, -0.2) is 4.79 Å². The molecule has 0 saturated carbocycles. The quantitative estimate of drug-likeness (QED) is 0.708. The molecular weight excluding hydrogens is 296 g/mol. The number of aromatic carboxylic acids is 1. The number of fused-ring (bicyclic) bond motifs is 1. The highest BCUT2D eigenvalue weighted by Crippen LogP contribution is 2.20. The summed E-state index contributed by atoms with van der Waals surface area (Å²) >= 11 is 0. The maximum atomic E-state index is 12.2. The zero-order valence-corrected chi connectivity index (χ0v) is 12.8. The predicted molar refractivity (Wildman–Crippen MR) is 86.5 cm³/mol. The Labute approximate surface area is 133 Å². The topological polar surface area (TPSA) is 95.5 Å². The minimum atomic E-state index is -1.15. The average molecular weight is 314 g/mol. The molecule has 0 aromatic heterocycles. The molecule has 0 unspecified atom stereocenters. The summed E-state index contributed by atoms with van der Waals surface area (Å²) in [6.07, 6.45) is 0.377. The molecule has 2 aromatic rings. The molecule has 6 nitrogen and oxygen atoms in total. The van der Waals surface area contributed by atoms with Crippen LogP contribution >= 0.6 is 0 Å². The van der Waals surface area contributed by atoms with Gasteiger partial charge < -0.3 is 15.7 Å². The number of amides is 2. The molecule has 0 spiro atoms. The monoisotopic (exact) mass is 314 g/mol. The molecule has 0 saturated heterocycles. The zero-order chi connectivity index (χ0) is 16.8. The Morgan fingerprint density at radius 3 is 2.09 bits per heavy atom. The summed E-state index contributed by atoms with van der Waals surface area (Å²) in [6.45, 7) is 2.27. The minimum absolute atomic E-state index is 0.0428. The van der Waals surface area contributed by atoms with Gasteiger partial charge in [0.05, 0.1) is 11.1 Å². The number of carbonyl (C=O) groups excluding carboxylic acids is 2. The van der Waals surface area contributed by atoms with Gasteiger partial charge in [-0.15, -0.1) is 0 Å². The van der Waals surface area contributed by atoms with Crippen LogP contribution in [0.4, 0.5) is 0 Å². The smallest absolute Gasteiger partial charge is 0.336 e. The van der Waals surface area contributed by atoms with E-state index < -0.39 is 11.9 Å². The van der Waals surface area contributed by atoms with E-state index in [1.165, 1.54) is 6.07 Å². The molecule has 0 bridgehead atoms. The second-order valence-corrected chi connectivity index (χ2v) is 5.01. The normalized spacial score (nSPS) is 10.3. The highest BCUT2D eigenvalue weighted by molar-refractivity contribution is 6.08. The Morgan fingerprint density at radius 2 is 1.52 bits per heavy atom. The van der Waals surface area contributed by atoms with E-state index >= 15 is 0 Å². The number of hydrogen-bond acceptors (Lipinski definition) is 3. The summed E-state index contributed by atoms with van der Waals surface area (Å²) in [4.78, 5) is 34.7. The lowest BCUT2D eigenvalue weighted by molar-refractivity contribution is -0.120. The minimum Gasteiger partial charge on any atom is -0.478 e. The lowest BCUT2D eigenvalue weighted by Crippen LogP contribution is -2.34. The van der Waals surface area contributed by atoms with Crippen molar-refractivity contribution in [3.05, 3.63) is 47.5 Å². The molecule has 0 aliphatic carbocycles. The largest absolute Gasteiger partial charge is 0.478 e. The Morgan fingerprint density at radius 1 is 0.957 bits per heavy atom. The molecule has 0 heterocycles. The highest BCUT2D eigenvalue weighted by Gasteiger charge is 2.17. The SMILES string of the molecule is CCC(=O)NCCNC(=O)c1cc2ccccc2cc1C(=O)O. The number of carboxylic acid groups (broad SMARTS) is 1. The predicted octanol–water partition coefficient (Wildman–Crippen LogP) is 1.79. The van der Waals surface area contributed by atoms with Gasteiger partial charge in [0, 0.05) is 19.5 Å². The van der Waals surface area contributed by atoms with Gasteiger partial charge in [0.25, 0.3) is 5.91 Å². The number of nitrogens with one attached hydrogen (secondary N) is 2. The molecule has 2 amide bonds. The molecule has 2 rings (SSSR count). The van der Waals surface area contributed by atoms with E-state index in [9.17, 15) is 19.5 Å². The Bertz CT molecular complexity index is 755. The number of hydrogen-bond donors (Lipinski definition) is 3. The third kappa shape index (κ3) is 4.06. The van der Waals surface area contributed by atoms with Crippen LogP contribution in [0.15, 0.2) is 36.4 Å². The third-order valence-electron chi connectivity index (χ3n) is 3.41. The van der Waals surface area contributed by atoms with E-state index in [-0.39, 0.29) is 23.6 Å². The first-order valence-corrected chi connectivity index (χ1v) is 7.34. The molecule has 6 heteroatoms. The van der Waals surface area contributed by atoms with Crippen molar-refractivity contribution in [1.29, 1.82) is 0 Å². The van der Waals surface area contributed by atoms with Crippen LogP contribution in [0.5, 0.6) is 0 Å². The first-order valence-electron chi connectivity index (χ1n) is 7.34. The van der Waals surface area contributed by atoms with E-state index in [4.69, 9.17) is 0 Å². The fourth-order valence-electron chi connectivity index (χ4n) is 2.20. The number of carbonyl (C=O) groups is 3. The summed E-state index contributed by atoms with van der Waals surface area (Å²) in [6, 6.07) is 10.3. The van der Waals surface area contributed by atoms with Crippen molar-refractivity contribution in [2.24, 2.45) is 0 Å². The molecule has 2 aromatic carbocycles. The van der Waals surface area contributed by atoms with Gasteiger partial charge in [-0.3, -0.25) is 9.59 Å². The second kappa shape index (κ2) is 7.40. The van der Waals surface area contributed by atoms with Gasteiger partial charge >= 0.3 is 5.97 Å². The van der Waals surface area contributed by atoms with Crippen molar-refractivity contribution in [2.45, 2.75) is 13.3 Å². The van der Waals surface area contributed by atoms with Crippen LogP contribution in [0.25, 0.3) is 10.8 Å². The van der Waals surface area contributed by atoms with Gasteiger partial charge in [-0.05, 0) is 22.9 Å². The maximum absolute atomic E-state index is 12.2. The first kappa shape index (κ1) is 16.5. The lowest BCUT2D eigenvalue weighted by Gasteiger charge is -2.10. The fraction of sp³-hybridized carbons (Fsp3) is 0.235. The number of rotatable bonds is 6. The van der Waals surface area contributed by atoms with Crippen LogP contribution in [0, 0.1) is 0 Å². The van der Waals surface area contributed by atoms with Gasteiger partial charge in [-0.2, -0.15) is 0 Å². The van der Waals surface area contributed by atoms with E-state index in [1.54, 1.807) is 19.1 Å². The van der Waals surface area contributed by atoms with Crippen LogP contribution in [-0.4, -0.2) is 36.0 Å². The standard InChI is InChI=1S/C17H18N2O4/c1-2-15(20)18-7-8-19-16(21)13-9-11-5-3-4-6-12(11)10-14(13)17(22)23/h3-6,9-10H,2,7-8H2,1H3,(H,18,20)(H,19,21)(H,22,23). The van der Waals surface area contributed by atoms with Crippen molar-refractivity contribution in [2.75, 3.05) is 13.1 Å². The van der Waals surface area contributed by atoms with E-state index in [1.807, 2.05) is 18.2 Å². The Hall–Kier alpha value is -2.89. The molecule has 0 fully saturated rings. The van der Waals surface area contributed by atoms with Crippen molar-refractivity contribution < 1.29 is 19.5 Å². The van der Waals surface area contributed by atoms with Crippen LogP contribution in [0.2, 0.25) is 0 Å². The Balaban J connectivity index is 2.16. The van der Waals surface area contributed by atoms with E-state index in [0.29, 0.717) is 13.0 Å².